The van der Waals surface area contributed by atoms with Gasteiger partial charge in [0.1, 0.15) is 18.2 Å². The average Bonchev–Trinajstić information content (AvgIpc) is 2.65. The molecular weight excluding hydrogens is 370 g/mol. The number of ether oxygens (including phenoxy) is 2. The van der Waals surface area contributed by atoms with E-state index < -0.39 is 11.6 Å². The molecule has 0 saturated carbocycles. The summed E-state index contributed by atoms with van der Waals surface area (Å²) in [6.45, 7) is 13.3. The first-order valence-corrected chi connectivity index (χ1v) is 10.3. The minimum atomic E-state index is -0.598. The summed E-state index contributed by atoms with van der Waals surface area (Å²) < 4.78 is 10.8. The van der Waals surface area contributed by atoms with Gasteiger partial charge in [0, 0.05) is 32.7 Å². The molecule has 1 heterocycles. The molecule has 0 bridgehead atoms. The van der Waals surface area contributed by atoms with Crippen LogP contribution in [0.4, 0.5) is 4.79 Å². The van der Waals surface area contributed by atoms with Gasteiger partial charge < -0.3 is 20.1 Å². The quantitative estimate of drug-likeness (QED) is 0.733. The summed E-state index contributed by atoms with van der Waals surface area (Å²) in [5.41, 5.74) is 7.44. The predicted octanol–water partition coefficient (Wildman–Crippen LogP) is 2.77. The minimum absolute atomic E-state index is 0.0492. The summed E-state index contributed by atoms with van der Waals surface area (Å²) in [5.74, 6) is -0.322. The van der Waals surface area contributed by atoms with Crippen molar-refractivity contribution >= 4 is 12.1 Å². The first-order chi connectivity index (χ1) is 13.5. The smallest absolute Gasteiger partial charge is 0.410 e. The molecule has 0 aliphatic carbocycles. The molecule has 162 valence electrons. The molecular formula is C22H35N3O4. The Morgan fingerprint density at radius 3 is 2.31 bits per heavy atom. The Balaban J connectivity index is 1.82. The molecule has 2 rings (SSSR count). The number of benzene rings is 1. The molecule has 7 nitrogen and oxygen atoms in total. The summed E-state index contributed by atoms with van der Waals surface area (Å²) in [6.07, 6.45) is -0.249. The number of nitrogens with zero attached hydrogens (tertiary/aromatic N) is 2. The van der Waals surface area contributed by atoms with Gasteiger partial charge in [-0.15, -0.1) is 0 Å². The topological polar surface area (TPSA) is 85.1 Å². The Morgan fingerprint density at radius 2 is 1.72 bits per heavy atom. The maximum absolute atomic E-state index is 12.2. The second-order valence-corrected chi connectivity index (χ2v) is 8.94. The molecule has 1 amide bonds. The lowest BCUT2D eigenvalue weighted by atomic mass is 10.1. The van der Waals surface area contributed by atoms with Crippen LogP contribution in [0.5, 0.6) is 0 Å². The highest BCUT2D eigenvalue weighted by Gasteiger charge is 2.26. The maximum atomic E-state index is 12.2. The number of amides is 1. The molecule has 0 unspecified atom stereocenters. The number of carbonyl (C=O) groups is 2. The van der Waals surface area contributed by atoms with Crippen LogP contribution in [0, 0.1) is 5.92 Å². The van der Waals surface area contributed by atoms with Crippen molar-refractivity contribution in [3.8, 4) is 0 Å². The van der Waals surface area contributed by atoms with Crippen molar-refractivity contribution in [3.63, 3.8) is 0 Å². The van der Waals surface area contributed by atoms with Gasteiger partial charge in [-0.2, -0.15) is 0 Å². The van der Waals surface area contributed by atoms with E-state index in [4.69, 9.17) is 15.2 Å². The zero-order valence-corrected chi connectivity index (χ0v) is 18.3. The number of hydrogen-bond donors (Lipinski definition) is 1. The third kappa shape index (κ3) is 7.66. The first-order valence-electron chi connectivity index (χ1n) is 10.3. The highest BCUT2D eigenvalue weighted by Crippen LogP contribution is 2.15. The SMILES string of the molecule is CC(C)[C@H](N)C(=O)OCc1cccc(CN2CCN(C(=O)OC(C)(C)C)CC2)c1. The van der Waals surface area contributed by atoms with Crippen LogP contribution in [0.25, 0.3) is 0 Å². The van der Waals surface area contributed by atoms with Gasteiger partial charge in [-0.1, -0.05) is 38.1 Å². The normalized spacial score (nSPS) is 16.6. The fourth-order valence-corrected chi connectivity index (χ4v) is 3.01. The Hall–Kier alpha value is -2.12. The molecule has 1 aromatic rings. The van der Waals surface area contributed by atoms with E-state index in [0.717, 1.165) is 30.8 Å². The molecule has 0 radical (unpaired) electrons. The van der Waals surface area contributed by atoms with Crippen LogP contribution in [0.2, 0.25) is 0 Å². The molecule has 2 N–H and O–H groups in total. The number of piperazine rings is 1. The lowest BCUT2D eigenvalue weighted by Gasteiger charge is -2.35. The zero-order chi connectivity index (χ0) is 21.6. The number of hydrogen-bond acceptors (Lipinski definition) is 6. The predicted molar refractivity (Wildman–Crippen MR) is 112 cm³/mol. The Kier molecular flexibility index (Phi) is 8.05. The molecule has 1 saturated heterocycles. The summed E-state index contributed by atoms with van der Waals surface area (Å²) >= 11 is 0. The minimum Gasteiger partial charge on any atom is -0.460 e. The van der Waals surface area contributed by atoms with Gasteiger partial charge in [0.05, 0.1) is 0 Å². The van der Waals surface area contributed by atoms with Crippen molar-refractivity contribution in [1.29, 1.82) is 0 Å². The lowest BCUT2D eigenvalue weighted by molar-refractivity contribution is -0.147. The van der Waals surface area contributed by atoms with Crippen molar-refractivity contribution < 1.29 is 19.1 Å². The van der Waals surface area contributed by atoms with Crippen LogP contribution < -0.4 is 5.73 Å². The standard InChI is InChI=1S/C22H35N3O4/c1-16(2)19(23)20(26)28-15-18-8-6-7-17(13-18)14-24-9-11-25(12-10-24)21(27)29-22(3,4)5/h6-8,13,16,19H,9-12,14-15,23H2,1-5H3/t19-/m0/s1. The third-order valence-corrected chi connectivity index (χ3v) is 4.79. The summed E-state index contributed by atoms with van der Waals surface area (Å²) in [6, 6.07) is 7.43. The number of esters is 1. The molecule has 1 fully saturated rings. The Bertz CT molecular complexity index is 692. The molecule has 1 aliphatic heterocycles. The van der Waals surface area contributed by atoms with Gasteiger partial charge in [0.2, 0.25) is 0 Å². The van der Waals surface area contributed by atoms with Crippen LogP contribution in [0.3, 0.4) is 0 Å². The van der Waals surface area contributed by atoms with E-state index in [1.54, 1.807) is 4.90 Å². The lowest BCUT2D eigenvalue weighted by Crippen LogP contribution is -2.49. The number of nitrogens with two attached hydrogens (primary N) is 1. The number of rotatable bonds is 6. The fraction of sp³-hybridized carbons (Fsp3) is 0.636. The monoisotopic (exact) mass is 405 g/mol. The van der Waals surface area contributed by atoms with Crippen molar-refractivity contribution in [2.45, 2.75) is 59.4 Å². The second-order valence-electron chi connectivity index (χ2n) is 8.94. The first kappa shape index (κ1) is 23.2. The third-order valence-electron chi connectivity index (χ3n) is 4.79. The van der Waals surface area contributed by atoms with E-state index in [-0.39, 0.29) is 24.6 Å². The van der Waals surface area contributed by atoms with Crippen LogP contribution in [-0.4, -0.2) is 59.7 Å². The van der Waals surface area contributed by atoms with Gasteiger partial charge in [0.15, 0.2) is 0 Å². The van der Waals surface area contributed by atoms with Crippen LogP contribution in [0.1, 0.15) is 45.7 Å². The van der Waals surface area contributed by atoms with Gasteiger partial charge in [-0.25, -0.2) is 4.79 Å². The van der Waals surface area contributed by atoms with E-state index in [1.165, 1.54) is 0 Å². The summed E-state index contributed by atoms with van der Waals surface area (Å²) in [4.78, 5) is 28.2. The van der Waals surface area contributed by atoms with Crippen molar-refractivity contribution in [3.05, 3.63) is 35.4 Å². The fourth-order valence-electron chi connectivity index (χ4n) is 3.01. The van der Waals surface area contributed by atoms with Crippen LogP contribution in [-0.2, 0) is 27.4 Å². The second kappa shape index (κ2) is 10.1. The van der Waals surface area contributed by atoms with Gasteiger partial charge in [0.25, 0.3) is 0 Å². The van der Waals surface area contributed by atoms with Crippen molar-refractivity contribution in [2.75, 3.05) is 26.2 Å². The van der Waals surface area contributed by atoms with Gasteiger partial charge >= 0.3 is 12.1 Å². The van der Waals surface area contributed by atoms with Crippen LogP contribution >= 0.6 is 0 Å². The largest absolute Gasteiger partial charge is 0.460 e. The van der Waals surface area contributed by atoms with Gasteiger partial charge in [-0.3, -0.25) is 9.69 Å². The average molecular weight is 406 g/mol. The summed E-state index contributed by atoms with van der Waals surface area (Å²) in [7, 11) is 0. The molecule has 0 aromatic heterocycles. The molecule has 0 spiro atoms. The van der Waals surface area contributed by atoms with E-state index in [2.05, 4.69) is 17.0 Å². The zero-order valence-electron chi connectivity index (χ0n) is 18.3. The highest BCUT2D eigenvalue weighted by molar-refractivity contribution is 5.75. The van der Waals surface area contributed by atoms with E-state index in [9.17, 15) is 9.59 Å². The molecule has 7 heteroatoms. The number of carbonyl (C=O) groups excluding carboxylic acids is 2. The molecule has 1 aliphatic rings. The molecule has 1 aromatic carbocycles. The van der Waals surface area contributed by atoms with Crippen molar-refractivity contribution in [1.82, 2.24) is 9.80 Å². The Labute approximate surface area is 174 Å². The van der Waals surface area contributed by atoms with E-state index in [1.807, 2.05) is 46.8 Å². The molecule has 1 atom stereocenters. The Morgan fingerprint density at radius 1 is 1.10 bits per heavy atom. The van der Waals surface area contributed by atoms with Gasteiger partial charge in [-0.05, 0) is 37.8 Å². The van der Waals surface area contributed by atoms with E-state index in [0.29, 0.717) is 13.1 Å². The summed E-state index contributed by atoms with van der Waals surface area (Å²) in [5, 5.41) is 0. The van der Waals surface area contributed by atoms with Crippen LogP contribution in [0.15, 0.2) is 24.3 Å². The highest BCUT2D eigenvalue weighted by atomic mass is 16.6. The van der Waals surface area contributed by atoms with Crippen molar-refractivity contribution in [2.24, 2.45) is 11.7 Å². The maximum Gasteiger partial charge on any atom is 0.410 e. The molecule has 29 heavy (non-hydrogen) atoms. The van der Waals surface area contributed by atoms with E-state index >= 15 is 0 Å².